The summed E-state index contributed by atoms with van der Waals surface area (Å²) in [5.74, 6) is 0.948. The van der Waals surface area contributed by atoms with Crippen LogP contribution in [0.15, 0.2) is 43.0 Å². The largest absolute Gasteiger partial charge is 0.205 e. The first-order valence-electron chi connectivity index (χ1n) is 7.19. The number of benzene rings is 2. The molecule has 20 heavy (non-hydrogen) atoms. The summed E-state index contributed by atoms with van der Waals surface area (Å²) in [6, 6.07) is 9.58. The minimum Gasteiger partial charge on any atom is -0.205 e. The van der Waals surface area contributed by atoms with Gasteiger partial charge in [0.25, 0.3) is 0 Å². The van der Waals surface area contributed by atoms with E-state index < -0.39 is 0 Å². The van der Waals surface area contributed by atoms with Gasteiger partial charge in [-0.25, -0.2) is 4.39 Å². The van der Waals surface area contributed by atoms with E-state index in [4.69, 9.17) is 11.6 Å². The smallest absolute Gasteiger partial charge is 0.149 e. The molecule has 0 spiro atoms. The van der Waals surface area contributed by atoms with E-state index in [1.54, 1.807) is 6.07 Å². The fourth-order valence-electron chi connectivity index (χ4n) is 3.23. The topological polar surface area (TPSA) is 0 Å². The van der Waals surface area contributed by atoms with E-state index >= 15 is 0 Å². The van der Waals surface area contributed by atoms with Crippen molar-refractivity contribution in [3.05, 3.63) is 59.4 Å². The van der Waals surface area contributed by atoms with E-state index in [1.807, 2.05) is 12.1 Å². The first-order valence-corrected chi connectivity index (χ1v) is 7.57. The predicted octanol–water partition coefficient (Wildman–Crippen LogP) is 6.09. The minimum absolute atomic E-state index is 0.191. The molecule has 2 heteroatoms. The highest BCUT2D eigenvalue weighted by atomic mass is 35.5. The van der Waals surface area contributed by atoms with Gasteiger partial charge in [-0.05, 0) is 54.5 Å². The van der Waals surface area contributed by atoms with Crippen LogP contribution in [0.25, 0.3) is 10.8 Å². The molecule has 1 fully saturated rings. The Labute approximate surface area is 124 Å². The van der Waals surface area contributed by atoms with Gasteiger partial charge in [0.15, 0.2) is 0 Å². The highest BCUT2D eigenvalue weighted by Gasteiger charge is 2.21. The van der Waals surface area contributed by atoms with Crippen LogP contribution in [0.1, 0.15) is 37.2 Å². The fraction of sp³-hybridized carbons (Fsp3) is 0.333. The van der Waals surface area contributed by atoms with Gasteiger partial charge in [0.2, 0.25) is 0 Å². The zero-order chi connectivity index (χ0) is 14.1. The Bertz CT molecular complexity index is 639. The average molecular weight is 289 g/mol. The number of rotatable bonds is 2. The van der Waals surface area contributed by atoms with Crippen LogP contribution in [0.2, 0.25) is 5.02 Å². The molecule has 0 saturated heterocycles. The molecule has 1 aliphatic rings. The van der Waals surface area contributed by atoms with Gasteiger partial charge in [-0.2, -0.15) is 0 Å². The van der Waals surface area contributed by atoms with Crippen molar-refractivity contribution in [3.8, 4) is 0 Å². The number of hydrogen-bond acceptors (Lipinski definition) is 0. The first-order chi connectivity index (χ1) is 9.69. The van der Waals surface area contributed by atoms with Gasteiger partial charge < -0.3 is 0 Å². The van der Waals surface area contributed by atoms with Crippen LogP contribution >= 0.6 is 11.6 Å². The predicted molar refractivity (Wildman–Crippen MR) is 83.8 cm³/mol. The zero-order valence-electron chi connectivity index (χ0n) is 11.4. The molecule has 0 amide bonds. The van der Waals surface area contributed by atoms with Crippen molar-refractivity contribution in [2.24, 2.45) is 5.92 Å². The summed E-state index contributed by atoms with van der Waals surface area (Å²) in [7, 11) is 0. The monoisotopic (exact) mass is 288 g/mol. The van der Waals surface area contributed by atoms with Crippen LogP contribution < -0.4 is 0 Å². The SMILES string of the molecule is C=CC1CCC(c2ccc3c(F)c(Cl)ccc3c2)CC1. The minimum atomic E-state index is -0.314. The molecule has 0 bridgehead atoms. The van der Waals surface area contributed by atoms with E-state index in [-0.39, 0.29) is 10.8 Å². The lowest BCUT2D eigenvalue weighted by atomic mass is 9.78. The quantitative estimate of drug-likeness (QED) is 0.586. The number of fused-ring (bicyclic) bond motifs is 1. The molecule has 1 aliphatic carbocycles. The van der Waals surface area contributed by atoms with Crippen molar-refractivity contribution in [3.63, 3.8) is 0 Å². The lowest BCUT2D eigenvalue weighted by Gasteiger charge is -2.27. The van der Waals surface area contributed by atoms with Crippen molar-refractivity contribution in [1.82, 2.24) is 0 Å². The van der Waals surface area contributed by atoms with Gasteiger partial charge in [0.05, 0.1) is 5.02 Å². The van der Waals surface area contributed by atoms with Crippen molar-refractivity contribution in [2.45, 2.75) is 31.6 Å². The lowest BCUT2D eigenvalue weighted by molar-refractivity contribution is 0.376. The van der Waals surface area contributed by atoms with E-state index in [0.717, 1.165) is 5.39 Å². The second kappa shape index (κ2) is 5.57. The zero-order valence-corrected chi connectivity index (χ0v) is 12.2. The standard InChI is InChI=1S/C18H18ClF/c1-2-12-3-5-13(6-4-12)14-7-9-16-15(11-14)8-10-17(19)18(16)20/h2,7-13H,1,3-6H2. The molecule has 2 aromatic rings. The summed E-state index contributed by atoms with van der Waals surface area (Å²) in [5.41, 5.74) is 1.32. The molecule has 0 unspecified atom stereocenters. The van der Waals surface area contributed by atoms with E-state index in [9.17, 15) is 4.39 Å². The van der Waals surface area contributed by atoms with Crippen LogP contribution in [-0.4, -0.2) is 0 Å². The third kappa shape index (κ3) is 2.47. The van der Waals surface area contributed by atoms with Crippen LogP contribution in [0.4, 0.5) is 4.39 Å². The van der Waals surface area contributed by atoms with E-state index in [1.165, 1.54) is 31.2 Å². The molecule has 1 saturated carbocycles. The number of hydrogen-bond donors (Lipinski definition) is 0. The average Bonchev–Trinajstić information content (AvgIpc) is 2.51. The Morgan fingerprint density at radius 3 is 2.55 bits per heavy atom. The summed E-state index contributed by atoms with van der Waals surface area (Å²) in [6.45, 7) is 3.89. The van der Waals surface area contributed by atoms with Crippen LogP contribution in [-0.2, 0) is 0 Å². The maximum absolute atomic E-state index is 13.9. The van der Waals surface area contributed by atoms with Crippen LogP contribution in [0.3, 0.4) is 0 Å². The Kier molecular flexibility index (Phi) is 3.80. The maximum Gasteiger partial charge on any atom is 0.149 e. The Morgan fingerprint density at radius 1 is 1.10 bits per heavy atom. The van der Waals surface area contributed by atoms with Crippen molar-refractivity contribution in [2.75, 3.05) is 0 Å². The molecule has 2 aromatic carbocycles. The summed E-state index contributed by atoms with van der Waals surface area (Å²) >= 11 is 5.82. The lowest BCUT2D eigenvalue weighted by Crippen LogP contribution is -2.11. The summed E-state index contributed by atoms with van der Waals surface area (Å²) in [6.07, 6.45) is 6.88. The van der Waals surface area contributed by atoms with Gasteiger partial charge in [-0.15, -0.1) is 6.58 Å². The molecule has 0 nitrogen and oxygen atoms in total. The van der Waals surface area contributed by atoms with Crippen LogP contribution in [0, 0.1) is 11.7 Å². The Morgan fingerprint density at radius 2 is 1.85 bits per heavy atom. The van der Waals surface area contributed by atoms with Gasteiger partial charge >= 0.3 is 0 Å². The second-order valence-corrected chi connectivity index (χ2v) is 6.10. The fourth-order valence-corrected chi connectivity index (χ4v) is 3.39. The number of allylic oxidation sites excluding steroid dienone is 1. The summed E-state index contributed by atoms with van der Waals surface area (Å²) in [4.78, 5) is 0. The second-order valence-electron chi connectivity index (χ2n) is 5.69. The molecule has 104 valence electrons. The molecular weight excluding hydrogens is 271 g/mol. The van der Waals surface area contributed by atoms with Crippen molar-refractivity contribution < 1.29 is 4.39 Å². The van der Waals surface area contributed by atoms with Crippen LogP contribution in [0.5, 0.6) is 0 Å². The molecular formula is C18H18ClF. The van der Waals surface area contributed by atoms with Crippen molar-refractivity contribution >= 4 is 22.4 Å². The highest BCUT2D eigenvalue weighted by Crippen LogP contribution is 2.37. The molecule has 0 heterocycles. The molecule has 0 radical (unpaired) electrons. The number of halogens is 2. The van der Waals surface area contributed by atoms with Gasteiger partial charge in [0, 0.05) is 5.39 Å². The Hall–Kier alpha value is -1.34. The first kappa shape index (κ1) is 13.6. The van der Waals surface area contributed by atoms with Crippen molar-refractivity contribution in [1.29, 1.82) is 0 Å². The summed E-state index contributed by atoms with van der Waals surface area (Å²) in [5, 5.41) is 1.74. The molecule has 3 rings (SSSR count). The third-order valence-electron chi connectivity index (χ3n) is 4.51. The highest BCUT2D eigenvalue weighted by molar-refractivity contribution is 6.31. The van der Waals surface area contributed by atoms with E-state index in [2.05, 4.69) is 24.8 Å². The third-order valence-corrected chi connectivity index (χ3v) is 4.80. The summed E-state index contributed by atoms with van der Waals surface area (Å²) < 4.78 is 13.9. The van der Waals surface area contributed by atoms with Gasteiger partial charge in [0.1, 0.15) is 5.82 Å². The molecule has 0 aliphatic heterocycles. The van der Waals surface area contributed by atoms with E-state index in [0.29, 0.717) is 17.2 Å². The molecule has 0 N–H and O–H groups in total. The maximum atomic E-state index is 13.9. The van der Waals surface area contributed by atoms with Gasteiger partial charge in [-0.1, -0.05) is 41.9 Å². The molecule has 0 atom stereocenters. The van der Waals surface area contributed by atoms with Gasteiger partial charge in [-0.3, -0.25) is 0 Å². The Balaban J connectivity index is 1.90. The normalized spacial score (nSPS) is 22.9. The molecule has 0 aromatic heterocycles.